The molecule has 0 N–H and O–H groups in total. The summed E-state index contributed by atoms with van der Waals surface area (Å²) in [6, 6.07) is 9.53. The Morgan fingerprint density at radius 2 is 1.90 bits per heavy atom. The molecular formula is C23H31N5O3. The standard InChI is InChI=1S/C23H31N5O3/c1-17-13-18(2)28(24-17)12-9-25-7-10-26(11-8-25)23(30)19-14-22(29)27(16-19)20-5-4-6-21(15-20)31-3/h4-6,13,15,19H,7-12,14,16H2,1-3H3/t19-/m0/s1. The van der Waals surface area contributed by atoms with E-state index in [0.29, 0.717) is 25.4 Å². The number of carbonyl (C=O) groups is 2. The predicted molar refractivity (Wildman–Crippen MR) is 118 cm³/mol. The number of amides is 2. The van der Waals surface area contributed by atoms with Crippen LogP contribution in [0, 0.1) is 19.8 Å². The molecule has 2 aliphatic rings. The first kappa shape index (κ1) is 21.4. The molecule has 0 spiro atoms. The summed E-state index contributed by atoms with van der Waals surface area (Å²) >= 11 is 0. The fourth-order valence-corrected chi connectivity index (χ4v) is 4.49. The summed E-state index contributed by atoms with van der Waals surface area (Å²) in [4.78, 5) is 31.6. The molecule has 0 aliphatic carbocycles. The molecule has 31 heavy (non-hydrogen) atoms. The average Bonchev–Trinajstić information content (AvgIpc) is 3.33. The molecule has 8 heteroatoms. The number of rotatable bonds is 6. The van der Waals surface area contributed by atoms with Gasteiger partial charge in [-0.1, -0.05) is 6.07 Å². The molecule has 1 aromatic carbocycles. The maximum absolute atomic E-state index is 13.1. The van der Waals surface area contributed by atoms with E-state index in [4.69, 9.17) is 4.74 Å². The highest BCUT2D eigenvalue weighted by molar-refractivity contribution is 6.00. The average molecular weight is 426 g/mol. The summed E-state index contributed by atoms with van der Waals surface area (Å²) in [5, 5.41) is 4.52. The van der Waals surface area contributed by atoms with Gasteiger partial charge >= 0.3 is 0 Å². The summed E-state index contributed by atoms with van der Waals surface area (Å²) in [5.74, 6) is 0.517. The van der Waals surface area contributed by atoms with Gasteiger partial charge in [0, 0.05) is 63.1 Å². The molecule has 2 saturated heterocycles. The summed E-state index contributed by atoms with van der Waals surface area (Å²) in [7, 11) is 1.61. The van der Waals surface area contributed by atoms with Crippen LogP contribution in [0.5, 0.6) is 5.75 Å². The van der Waals surface area contributed by atoms with Gasteiger partial charge in [0.2, 0.25) is 11.8 Å². The second-order valence-corrected chi connectivity index (χ2v) is 8.42. The lowest BCUT2D eigenvalue weighted by Crippen LogP contribution is -2.51. The number of ether oxygens (including phenoxy) is 1. The van der Waals surface area contributed by atoms with E-state index in [1.165, 1.54) is 5.69 Å². The molecule has 4 rings (SSSR count). The highest BCUT2D eigenvalue weighted by Gasteiger charge is 2.38. The van der Waals surface area contributed by atoms with Crippen molar-refractivity contribution < 1.29 is 14.3 Å². The zero-order valence-corrected chi connectivity index (χ0v) is 18.6. The molecule has 2 amide bonds. The van der Waals surface area contributed by atoms with Crippen molar-refractivity contribution in [2.24, 2.45) is 5.92 Å². The van der Waals surface area contributed by atoms with Crippen LogP contribution in [0.3, 0.4) is 0 Å². The molecule has 0 saturated carbocycles. The van der Waals surface area contributed by atoms with Crippen molar-refractivity contribution in [3.63, 3.8) is 0 Å². The Morgan fingerprint density at radius 1 is 1.13 bits per heavy atom. The topological polar surface area (TPSA) is 70.9 Å². The van der Waals surface area contributed by atoms with E-state index in [9.17, 15) is 9.59 Å². The van der Waals surface area contributed by atoms with E-state index in [0.717, 1.165) is 37.6 Å². The number of hydrogen-bond acceptors (Lipinski definition) is 5. The van der Waals surface area contributed by atoms with Crippen LogP contribution in [0.1, 0.15) is 17.8 Å². The van der Waals surface area contributed by atoms with Crippen molar-refractivity contribution in [3.8, 4) is 5.75 Å². The third-order valence-electron chi connectivity index (χ3n) is 6.25. The van der Waals surface area contributed by atoms with Crippen molar-refractivity contribution in [2.45, 2.75) is 26.8 Å². The Balaban J connectivity index is 1.28. The molecule has 0 bridgehead atoms. The quantitative estimate of drug-likeness (QED) is 0.705. The van der Waals surface area contributed by atoms with Gasteiger partial charge in [-0.05, 0) is 32.0 Å². The predicted octanol–water partition coefficient (Wildman–Crippen LogP) is 1.71. The van der Waals surface area contributed by atoms with Crippen LogP contribution in [-0.2, 0) is 16.1 Å². The third-order valence-corrected chi connectivity index (χ3v) is 6.25. The van der Waals surface area contributed by atoms with Crippen LogP contribution < -0.4 is 9.64 Å². The molecule has 2 aromatic rings. The Kier molecular flexibility index (Phi) is 6.27. The fourth-order valence-electron chi connectivity index (χ4n) is 4.49. The number of piperazine rings is 1. The first-order valence-corrected chi connectivity index (χ1v) is 10.9. The van der Waals surface area contributed by atoms with Crippen LogP contribution >= 0.6 is 0 Å². The number of aromatic nitrogens is 2. The summed E-state index contributed by atoms with van der Waals surface area (Å²) in [6.07, 6.45) is 0.272. The zero-order valence-electron chi connectivity index (χ0n) is 18.6. The molecule has 1 atom stereocenters. The molecule has 2 aliphatic heterocycles. The van der Waals surface area contributed by atoms with Gasteiger partial charge in [-0.25, -0.2) is 0 Å². The molecule has 3 heterocycles. The van der Waals surface area contributed by atoms with Gasteiger partial charge in [-0.3, -0.25) is 19.2 Å². The van der Waals surface area contributed by atoms with Crippen LogP contribution in [0.4, 0.5) is 5.69 Å². The molecule has 0 radical (unpaired) electrons. The smallest absolute Gasteiger partial charge is 0.228 e. The van der Waals surface area contributed by atoms with Crippen molar-refractivity contribution in [2.75, 3.05) is 51.3 Å². The van der Waals surface area contributed by atoms with Gasteiger partial charge in [0.1, 0.15) is 5.75 Å². The van der Waals surface area contributed by atoms with Crippen molar-refractivity contribution in [3.05, 3.63) is 41.7 Å². The highest BCUT2D eigenvalue weighted by atomic mass is 16.5. The number of aryl methyl sites for hydroxylation is 2. The second-order valence-electron chi connectivity index (χ2n) is 8.42. The van der Waals surface area contributed by atoms with E-state index in [-0.39, 0.29) is 24.2 Å². The molecule has 166 valence electrons. The van der Waals surface area contributed by atoms with Gasteiger partial charge in [0.25, 0.3) is 0 Å². The van der Waals surface area contributed by atoms with Gasteiger partial charge in [-0.2, -0.15) is 5.10 Å². The number of benzene rings is 1. The van der Waals surface area contributed by atoms with Crippen LogP contribution in [0.2, 0.25) is 0 Å². The van der Waals surface area contributed by atoms with Gasteiger partial charge in [-0.15, -0.1) is 0 Å². The molecule has 2 fully saturated rings. The van der Waals surface area contributed by atoms with E-state index in [1.54, 1.807) is 12.0 Å². The maximum Gasteiger partial charge on any atom is 0.228 e. The Labute approximate surface area is 183 Å². The van der Waals surface area contributed by atoms with Gasteiger partial charge in [0.15, 0.2) is 0 Å². The Hall–Kier alpha value is -2.87. The number of anilines is 1. The second kappa shape index (κ2) is 9.09. The molecule has 8 nitrogen and oxygen atoms in total. The summed E-state index contributed by atoms with van der Waals surface area (Å²) < 4.78 is 7.31. The number of methoxy groups -OCH3 is 1. The summed E-state index contributed by atoms with van der Waals surface area (Å²) in [5.41, 5.74) is 3.01. The Bertz CT molecular complexity index is 948. The monoisotopic (exact) mass is 425 g/mol. The maximum atomic E-state index is 13.1. The fraction of sp³-hybridized carbons (Fsp3) is 0.522. The summed E-state index contributed by atoms with van der Waals surface area (Å²) in [6.45, 7) is 9.43. The number of carbonyl (C=O) groups excluding carboxylic acids is 2. The number of hydrogen-bond donors (Lipinski definition) is 0. The van der Waals surface area contributed by atoms with E-state index >= 15 is 0 Å². The first-order chi connectivity index (χ1) is 14.9. The van der Waals surface area contributed by atoms with Crippen LogP contribution in [0.15, 0.2) is 30.3 Å². The van der Waals surface area contributed by atoms with Crippen LogP contribution in [-0.4, -0.2) is 77.8 Å². The van der Waals surface area contributed by atoms with Gasteiger partial charge < -0.3 is 14.5 Å². The molecular weight excluding hydrogens is 394 g/mol. The van der Waals surface area contributed by atoms with Crippen molar-refractivity contribution >= 4 is 17.5 Å². The zero-order chi connectivity index (χ0) is 22.0. The number of nitrogens with zero attached hydrogens (tertiary/aromatic N) is 5. The van der Waals surface area contributed by atoms with Crippen molar-refractivity contribution in [1.29, 1.82) is 0 Å². The van der Waals surface area contributed by atoms with Crippen LogP contribution in [0.25, 0.3) is 0 Å². The lowest BCUT2D eigenvalue weighted by atomic mass is 10.1. The van der Waals surface area contributed by atoms with E-state index < -0.39 is 0 Å². The Morgan fingerprint density at radius 3 is 2.58 bits per heavy atom. The van der Waals surface area contributed by atoms with E-state index in [1.807, 2.05) is 40.8 Å². The molecule has 1 aromatic heterocycles. The first-order valence-electron chi connectivity index (χ1n) is 10.9. The lowest BCUT2D eigenvalue weighted by Gasteiger charge is -2.35. The minimum atomic E-state index is -0.278. The van der Waals surface area contributed by atoms with Gasteiger partial charge in [0.05, 0.1) is 25.3 Å². The largest absolute Gasteiger partial charge is 0.497 e. The minimum Gasteiger partial charge on any atom is -0.497 e. The lowest BCUT2D eigenvalue weighted by molar-refractivity contribution is -0.137. The van der Waals surface area contributed by atoms with E-state index in [2.05, 4.69) is 23.0 Å². The third kappa shape index (κ3) is 4.74. The highest BCUT2D eigenvalue weighted by Crippen LogP contribution is 2.29. The SMILES string of the molecule is COc1cccc(N2C[C@@H](C(=O)N3CCN(CCn4nc(C)cc4C)CC3)CC2=O)c1. The van der Waals surface area contributed by atoms with Crippen molar-refractivity contribution in [1.82, 2.24) is 19.6 Å². The minimum absolute atomic E-state index is 0.00451. The normalized spacial score (nSPS) is 19.8. The molecule has 0 unspecified atom stereocenters.